The minimum atomic E-state index is -1.98. The summed E-state index contributed by atoms with van der Waals surface area (Å²) in [5.74, 6) is -0.277. The summed E-state index contributed by atoms with van der Waals surface area (Å²) in [6.45, 7) is 16.6. The Balaban J connectivity index is 2.92. The second kappa shape index (κ2) is 7.34. The third-order valence-electron chi connectivity index (χ3n) is 4.66. The van der Waals surface area contributed by atoms with Gasteiger partial charge in [-0.2, -0.15) is 0 Å². The van der Waals surface area contributed by atoms with E-state index in [0.717, 1.165) is 0 Å². The van der Waals surface area contributed by atoms with Crippen molar-refractivity contribution in [3.63, 3.8) is 0 Å². The van der Waals surface area contributed by atoms with Gasteiger partial charge in [-0.3, -0.25) is 9.69 Å². The molecule has 5 nitrogen and oxygen atoms in total. The van der Waals surface area contributed by atoms with Crippen LogP contribution in [0.5, 0.6) is 0 Å². The van der Waals surface area contributed by atoms with Crippen LogP contribution in [0.3, 0.4) is 0 Å². The van der Waals surface area contributed by atoms with Gasteiger partial charge in [0, 0.05) is 13.0 Å². The van der Waals surface area contributed by atoms with E-state index in [2.05, 4.69) is 33.9 Å². The number of carbonyl (C=O) groups excluding carboxylic acids is 2. The number of hydrogen-bond donors (Lipinski definition) is 0. The maximum absolute atomic E-state index is 12.5. The molecule has 7 heteroatoms. The van der Waals surface area contributed by atoms with Gasteiger partial charge in [0.15, 0.2) is 14.1 Å². The zero-order chi connectivity index (χ0) is 18.9. The van der Waals surface area contributed by atoms with Crippen molar-refractivity contribution in [3.05, 3.63) is 0 Å². The number of ketones is 1. The van der Waals surface area contributed by atoms with Crippen LogP contribution in [0.4, 0.5) is 4.79 Å². The van der Waals surface area contributed by atoms with E-state index in [1.165, 1.54) is 4.90 Å². The van der Waals surface area contributed by atoms with E-state index in [0.29, 0.717) is 13.0 Å². The zero-order valence-electron chi connectivity index (χ0n) is 16.2. The third-order valence-corrected chi connectivity index (χ3v) is 9.46. The molecule has 140 valence electrons. The van der Waals surface area contributed by atoms with Crippen molar-refractivity contribution in [2.75, 3.05) is 12.4 Å². The Hall–Kier alpha value is -0.593. The lowest BCUT2D eigenvalue weighted by Crippen LogP contribution is -2.45. The molecular weight excluding hydrogens is 346 g/mol. The summed E-state index contributed by atoms with van der Waals surface area (Å²) in [6, 6.07) is -0.563. The molecule has 1 amide bonds. The molecule has 0 aromatic rings. The highest BCUT2D eigenvalue weighted by molar-refractivity contribution is 6.74. The van der Waals surface area contributed by atoms with Crippen LogP contribution in [0.25, 0.3) is 0 Å². The van der Waals surface area contributed by atoms with Gasteiger partial charge >= 0.3 is 6.09 Å². The van der Waals surface area contributed by atoms with Crippen molar-refractivity contribution >= 4 is 31.8 Å². The fraction of sp³-hybridized carbons (Fsp3) is 0.882. The van der Waals surface area contributed by atoms with E-state index >= 15 is 0 Å². The average Bonchev–Trinajstić information content (AvgIpc) is 2.77. The van der Waals surface area contributed by atoms with E-state index in [4.69, 9.17) is 20.8 Å². The fourth-order valence-electron chi connectivity index (χ4n) is 2.39. The van der Waals surface area contributed by atoms with Crippen LogP contribution >= 0.6 is 11.6 Å². The Kier molecular flexibility index (Phi) is 6.56. The molecular formula is C17H32ClNO4Si. The molecule has 1 rings (SSSR count). The molecule has 0 saturated carbocycles. The molecule has 0 bridgehead atoms. The highest BCUT2D eigenvalue weighted by Crippen LogP contribution is 2.39. The Labute approximate surface area is 152 Å². The first-order valence-electron chi connectivity index (χ1n) is 8.44. The van der Waals surface area contributed by atoms with Crippen LogP contribution in [0.15, 0.2) is 0 Å². The molecule has 1 heterocycles. The molecule has 0 unspecified atom stereocenters. The number of rotatable bonds is 4. The van der Waals surface area contributed by atoms with Crippen molar-refractivity contribution in [2.24, 2.45) is 0 Å². The number of ether oxygens (including phenoxy) is 1. The number of amides is 1. The van der Waals surface area contributed by atoms with Gasteiger partial charge in [-0.25, -0.2) is 4.79 Å². The molecule has 2 atom stereocenters. The van der Waals surface area contributed by atoms with Crippen molar-refractivity contribution in [1.29, 1.82) is 0 Å². The van der Waals surface area contributed by atoms with Gasteiger partial charge in [0.2, 0.25) is 0 Å². The normalized spacial score (nSPS) is 22.6. The lowest BCUT2D eigenvalue weighted by atomic mass is 10.1. The topological polar surface area (TPSA) is 55.8 Å². The average molecular weight is 378 g/mol. The molecule has 0 aliphatic carbocycles. The van der Waals surface area contributed by atoms with Crippen molar-refractivity contribution in [1.82, 2.24) is 4.90 Å². The second-order valence-corrected chi connectivity index (χ2v) is 14.0. The van der Waals surface area contributed by atoms with Crippen LogP contribution < -0.4 is 0 Å². The Morgan fingerprint density at radius 2 is 1.71 bits per heavy atom. The first-order chi connectivity index (χ1) is 10.7. The first kappa shape index (κ1) is 21.4. The van der Waals surface area contributed by atoms with E-state index in [9.17, 15) is 9.59 Å². The maximum atomic E-state index is 12.5. The molecule has 1 saturated heterocycles. The molecule has 0 aromatic carbocycles. The Morgan fingerprint density at radius 1 is 1.17 bits per heavy atom. The van der Waals surface area contributed by atoms with Gasteiger partial charge < -0.3 is 9.16 Å². The lowest BCUT2D eigenvalue weighted by molar-refractivity contribution is -0.120. The minimum Gasteiger partial charge on any atom is -0.444 e. The predicted molar refractivity (Wildman–Crippen MR) is 99.1 cm³/mol. The van der Waals surface area contributed by atoms with Crippen molar-refractivity contribution in [2.45, 2.75) is 83.8 Å². The Morgan fingerprint density at radius 3 is 2.12 bits per heavy atom. The summed E-state index contributed by atoms with van der Waals surface area (Å²) >= 11 is 5.73. The van der Waals surface area contributed by atoms with Gasteiger partial charge in [0.05, 0.1) is 18.0 Å². The number of Topliss-reactive ketones (excluding diaryl/α,β-unsaturated/α-hetero) is 1. The summed E-state index contributed by atoms with van der Waals surface area (Å²) in [6.07, 6.45) is -0.153. The summed E-state index contributed by atoms with van der Waals surface area (Å²) in [7, 11) is -1.98. The molecule has 24 heavy (non-hydrogen) atoms. The van der Waals surface area contributed by atoms with Crippen molar-refractivity contribution in [3.8, 4) is 0 Å². The fourth-order valence-corrected chi connectivity index (χ4v) is 3.93. The summed E-state index contributed by atoms with van der Waals surface area (Å²) in [4.78, 5) is 26.1. The Bertz CT molecular complexity index is 482. The number of nitrogens with zero attached hydrogens (tertiary/aromatic N) is 1. The number of carbonyl (C=O) groups is 2. The summed E-state index contributed by atoms with van der Waals surface area (Å²) in [5.41, 5.74) is -0.607. The summed E-state index contributed by atoms with van der Waals surface area (Å²) in [5, 5.41) is 0.0678. The van der Waals surface area contributed by atoms with Gasteiger partial charge in [0.25, 0.3) is 0 Å². The molecule has 1 fully saturated rings. The van der Waals surface area contributed by atoms with Crippen LogP contribution in [-0.2, 0) is 14.0 Å². The van der Waals surface area contributed by atoms with E-state index in [1.807, 2.05) is 20.8 Å². The monoisotopic (exact) mass is 377 g/mol. The lowest BCUT2D eigenvalue weighted by Gasteiger charge is -2.38. The quantitative estimate of drug-likeness (QED) is 0.544. The van der Waals surface area contributed by atoms with E-state index in [-0.39, 0.29) is 22.8 Å². The third kappa shape index (κ3) is 5.46. The molecule has 1 aliphatic rings. The van der Waals surface area contributed by atoms with Crippen LogP contribution in [0.1, 0.15) is 48.0 Å². The second-order valence-electron chi connectivity index (χ2n) is 8.98. The standard InChI is InChI=1S/C17H32ClNO4Si/c1-16(2,3)22-15(21)19-11-12(9-13(19)14(20)10-18)23-24(7,8)17(4,5)6/h12-13H,9-11H2,1-8H3/t12-,13+/m0/s1. The smallest absolute Gasteiger partial charge is 0.410 e. The van der Waals surface area contributed by atoms with Crippen molar-refractivity contribution < 1.29 is 18.8 Å². The van der Waals surface area contributed by atoms with Gasteiger partial charge in [-0.15, -0.1) is 11.6 Å². The maximum Gasteiger partial charge on any atom is 0.410 e. The zero-order valence-corrected chi connectivity index (χ0v) is 18.0. The minimum absolute atomic E-state index is 0.0678. The molecule has 1 aliphatic heterocycles. The SMILES string of the molecule is CC(C)(C)OC(=O)N1C[C@@H](O[Si](C)(C)C(C)(C)C)C[C@@H]1C(=O)CCl. The van der Waals surface area contributed by atoms with Crippen LogP contribution in [-0.4, -0.2) is 55.3 Å². The highest BCUT2D eigenvalue weighted by Gasteiger charge is 2.46. The van der Waals surface area contributed by atoms with E-state index < -0.39 is 26.1 Å². The first-order valence-corrected chi connectivity index (χ1v) is 11.9. The highest BCUT2D eigenvalue weighted by atomic mass is 35.5. The number of hydrogen-bond acceptors (Lipinski definition) is 4. The number of likely N-dealkylation sites (tertiary alicyclic amines) is 1. The van der Waals surface area contributed by atoms with Crippen LogP contribution in [0, 0.1) is 0 Å². The van der Waals surface area contributed by atoms with Gasteiger partial charge in [-0.05, 0) is 38.9 Å². The largest absolute Gasteiger partial charge is 0.444 e. The molecule has 0 spiro atoms. The molecule has 0 radical (unpaired) electrons. The number of alkyl halides is 1. The van der Waals surface area contributed by atoms with Gasteiger partial charge in [-0.1, -0.05) is 20.8 Å². The number of halogens is 1. The predicted octanol–water partition coefficient (Wildman–Crippen LogP) is 4.19. The van der Waals surface area contributed by atoms with Gasteiger partial charge in [0.1, 0.15) is 5.60 Å². The molecule has 0 N–H and O–H groups in total. The molecule has 0 aromatic heterocycles. The van der Waals surface area contributed by atoms with Crippen LogP contribution in [0.2, 0.25) is 18.1 Å². The van der Waals surface area contributed by atoms with E-state index in [1.54, 1.807) is 0 Å². The summed E-state index contributed by atoms with van der Waals surface area (Å²) < 4.78 is 11.8.